The van der Waals surface area contributed by atoms with Crippen LogP contribution in [0.1, 0.15) is 43.8 Å². The second kappa shape index (κ2) is 10.5. The van der Waals surface area contributed by atoms with E-state index in [1.807, 2.05) is 81.4 Å². The summed E-state index contributed by atoms with van der Waals surface area (Å²) in [6.45, 7) is 6.39. The summed E-state index contributed by atoms with van der Waals surface area (Å²) in [4.78, 5) is 4.67. The molecular formula is C27H26N4O3. The van der Waals surface area contributed by atoms with Gasteiger partial charge < -0.3 is 19.3 Å². The third-order valence-electron chi connectivity index (χ3n) is 5.01. The Hall–Kier alpha value is -4.31. The van der Waals surface area contributed by atoms with Crippen molar-refractivity contribution in [2.24, 2.45) is 0 Å². The van der Waals surface area contributed by atoms with E-state index < -0.39 is 6.04 Å². The van der Waals surface area contributed by atoms with E-state index in [2.05, 4.69) is 21.5 Å². The van der Waals surface area contributed by atoms with Gasteiger partial charge in [0.2, 0.25) is 5.82 Å². The molecule has 7 heteroatoms. The SMILES string of the molecule is CCOc1cc(C(Nc2ccc(C#N)cc2)c2nc(-c3ccccc3)no2)ccc1OC(C)C. The minimum Gasteiger partial charge on any atom is -0.490 e. The van der Waals surface area contributed by atoms with Crippen LogP contribution >= 0.6 is 0 Å². The second-order valence-electron chi connectivity index (χ2n) is 7.89. The molecule has 4 rings (SSSR count). The lowest BCUT2D eigenvalue weighted by molar-refractivity contribution is 0.223. The Morgan fingerprint density at radius 3 is 2.44 bits per heavy atom. The van der Waals surface area contributed by atoms with E-state index in [4.69, 9.17) is 19.3 Å². The Labute approximate surface area is 199 Å². The molecule has 1 unspecified atom stereocenters. The molecule has 0 fully saturated rings. The third-order valence-corrected chi connectivity index (χ3v) is 5.01. The first-order valence-electron chi connectivity index (χ1n) is 11.2. The van der Waals surface area contributed by atoms with E-state index in [1.165, 1.54) is 0 Å². The maximum atomic E-state index is 9.12. The molecule has 34 heavy (non-hydrogen) atoms. The summed E-state index contributed by atoms with van der Waals surface area (Å²) in [6.07, 6.45) is 0.0157. The topological polar surface area (TPSA) is 93.2 Å². The Balaban J connectivity index is 1.74. The summed E-state index contributed by atoms with van der Waals surface area (Å²) in [6, 6.07) is 24.3. The molecule has 0 saturated carbocycles. The Morgan fingerprint density at radius 1 is 1.00 bits per heavy atom. The van der Waals surface area contributed by atoms with Crippen molar-refractivity contribution in [1.29, 1.82) is 5.26 Å². The molecule has 3 aromatic carbocycles. The molecule has 172 valence electrons. The second-order valence-corrected chi connectivity index (χ2v) is 7.89. The highest BCUT2D eigenvalue weighted by Gasteiger charge is 2.24. The van der Waals surface area contributed by atoms with Crippen molar-refractivity contribution in [1.82, 2.24) is 10.1 Å². The molecule has 0 amide bonds. The van der Waals surface area contributed by atoms with E-state index >= 15 is 0 Å². The van der Waals surface area contributed by atoms with Crippen LogP contribution in [0.15, 0.2) is 77.3 Å². The fourth-order valence-electron chi connectivity index (χ4n) is 3.48. The summed E-state index contributed by atoms with van der Waals surface area (Å²) >= 11 is 0. The third kappa shape index (κ3) is 5.36. The first kappa shape index (κ1) is 22.9. The molecule has 0 spiro atoms. The predicted octanol–water partition coefficient (Wildman–Crippen LogP) is 6.00. The quantitative estimate of drug-likeness (QED) is 0.332. The summed E-state index contributed by atoms with van der Waals surface area (Å²) in [7, 11) is 0. The van der Waals surface area contributed by atoms with Crippen LogP contribution in [0.3, 0.4) is 0 Å². The van der Waals surface area contributed by atoms with Crippen LogP contribution in [0.2, 0.25) is 0 Å². The first-order chi connectivity index (χ1) is 16.6. The van der Waals surface area contributed by atoms with Crippen molar-refractivity contribution in [3.63, 3.8) is 0 Å². The van der Waals surface area contributed by atoms with Crippen LogP contribution in [-0.4, -0.2) is 22.9 Å². The van der Waals surface area contributed by atoms with Crippen LogP contribution < -0.4 is 14.8 Å². The number of nitriles is 1. The molecule has 0 bridgehead atoms. The van der Waals surface area contributed by atoms with Crippen LogP contribution in [-0.2, 0) is 0 Å². The average Bonchev–Trinajstić information content (AvgIpc) is 3.34. The molecule has 0 aliphatic heterocycles. The van der Waals surface area contributed by atoms with Gasteiger partial charge in [0.05, 0.1) is 24.3 Å². The Morgan fingerprint density at radius 2 is 1.76 bits per heavy atom. The van der Waals surface area contributed by atoms with Crippen molar-refractivity contribution in [3.05, 3.63) is 89.8 Å². The maximum Gasteiger partial charge on any atom is 0.254 e. The highest BCUT2D eigenvalue weighted by molar-refractivity contribution is 5.55. The normalized spacial score (nSPS) is 11.6. The average molecular weight is 455 g/mol. The molecule has 1 aromatic heterocycles. The minimum absolute atomic E-state index is 0.0157. The summed E-state index contributed by atoms with van der Waals surface area (Å²) < 4.78 is 17.5. The fourth-order valence-corrected chi connectivity index (χ4v) is 3.48. The van der Waals surface area contributed by atoms with Crippen LogP contribution in [0, 0.1) is 11.3 Å². The van der Waals surface area contributed by atoms with Gasteiger partial charge in [0.1, 0.15) is 6.04 Å². The van der Waals surface area contributed by atoms with Gasteiger partial charge in [0.15, 0.2) is 11.5 Å². The van der Waals surface area contributed by atoms with Crippen LogP contribution in [0.4, 0.5) is 5.69 Å². The number of anilines is 1. The number of benzene rings is 3. The van der Waals surface area contributed by atoms with Crippen molar-refractivity contribution >= 4 is 5.69 Å². The molecule has 1 N–H and O–H groups in total. The monoisotopic (exact) mass is 454 g/mol. The number of hydrogen-bond donors (Lipinski definition) is 1. The highest BCUT2D eigenvalue weighted by Crippen LogP contribution is 2.35. The van der Waals surface area contributed by atoms with Gasteiger partial charge in [-0.15, -0.1) is 0 Å². The summed E-state index contributed by atoms with van der Waals surface area (Å²) in [5.41, 5.74) is 3.13. The first-order valence-corrected chi connectivity index (χ1v) is 11.2. The number of nitrogens with one attached hydrogen (secondary N) is 1. The predicted molar refractivity (Wildman–Crippen MR) is 130 cm³/mol. The van der Waals surface area contributed by atoms with Gasteiger partial charge in [0, 0.05) is 11.3 Å². The smallest absolute Gasteiger partial charge is 0.254 e. The molecule has 1 heterocycles. The molecule has 0 radical (unpaired) electrons. The van der Waals surface area contributed by atoms with Gasteiger partial charge in [-0.05, 0) is 62.7 Å². The van der Waals surface area contributed by atoms with Crippen molar-refractivity contribution in [2.75, 3.05) is 11.9 Å². The van der Waals surface area contributed by atoms with Gasteiger partial charge in [-0.2, -0.15) is 10.2 Å². The molecule has 4 aromatic rings. The van der Waals surface area contributed by atoms with E-state index in [0.717, 1.165) is 16.8 Å². The molecule has 0 aliphatic rings. The standard InChI is InChI=1S/C27H26N4O3/c1-4-32-24-16-21(12-15-23(24)33-18(2)3)25(29-22-13-10-19(17-28)11-14-22)27-30-26(31-34-27)20-8-6-5-7-9-20/h5-16,18,25,29H,4H2,1-3H3. The zero-order valence-electron chi connectivity index (χ0n) is 19.4. The van der Waals surface area contributed by atoms with Gasteiger partial charge in [-0.1, -0.05) is 41.6 Å². The lowest BCUT2D eigenvalue weighted by atomic mass is 10.0. The molecule has 0 aliphatic carbocycles. The number of ether oxygens (including phenoxy) is 2. The van der Waals surface area contributed by atoms with Crippen molar-refractivity contribution < 1.29 is 14.0 Å². The van der Waals surface area contributed by atoms with Crippen LogP contribution in [0.5, 0.6) is 11.5 Å². The Bertz CT molecular complexity index is 1260. The summed E-state index contributed by atoms with van der Waals surface area (Å²) in [5.74, 6) is 2.23. The fraction of sp³-hybridized carbons (Fsp3) is 0.222. The van der Waals surface area contributed by atoms with Crippen LogP contribution in [0.25, 0.3) is 11.4 Å². The van der Waals surface area contributed by atoms with Gasteiger partial charge in [0.25, 0.3) is 5.89 Å². The lowest BCUT2D eigenvalue weighted by Crippen LogP contribution is -2.14. The van der Waals surface area contributed by atoms with E-state index in [1.54, 1.807) is 12.1 Å². The number of hydrogen-bond acceptors (Lipinski definition) is 7. The summed E-state index contributed by atoms with van der Waals surface area (Å²) in [5, 5.41) is 16.8. The molecule has 1 atom stereocenters. The number of rotatable bonds is 9. The minimum atomic E-state index is -0.454. The van der Waals surface area contributed by atoms with Crippen molar-refractivity contribution in [2.45, 2.75) is 32.9 Å². The van der Waals surface area contributed by atoms with E-state index in [0.29, 0.717) is 35.4 Å². The van der Waals surface area contributed by atoms with E-state index in [-0.39, 0.29) is 6.10 Å². The van der Waals surface area contributed by atoms with E-state index in [9.17, 15) is 0 Å². The molecule has 7 nitrogen and oxygen atoms in total. The van der Waals surface area contributed by atoms with Gasteiger partial charge in [-0.3, -0.25) is 0 Å². The number of nitrogens with zero attached hydrogens (tertiary/aromatic N) is 3. The Kier molecular flexibility index (Phi) is 7.09. The largest absolute Gasteiger partial charge is 0.490 e. The maximum absolute atomic E-state index is 9.12. The lowest BCUT2D eigenvalue weighted by Gasteiger charge is -2.20. The van der Waals surface area contributed by atoms with Gasteiger partial charge >= 0.3 is 0 Å². The molecular weight excluding hydrogens is 428 g/mol. The zero-order chi connectivity index (χ0) is 23.9. The number of aromatic nitrogens is 2. The van der Waals surface area contributed by atoms with Gasteiger partial charge in [-0.25, -0.2) is 0 Å². The molecule has 0 saturated heterocycles. The highest BCUT2D eigenvalue weighted by atomic mass is 16.5. The van der Waals surface area contributed by atoms with Crippen molar-refractivity contribution in [3.8, 4) is 29.0 Å². The zero-order valence-corrected chi connectivity index (χ0v) is 19.4.